The van der Waals surface area contributed by atoms with E-state index in [9.17, 15) is 0 Å². The molecule has 3 aromatic carbocycles. The first-order chi connectivity index (χ1) is 14.8. The van der Waals surface area contributed by atoms with E-state index in [-0.39, 0.29) is 0 Å². The molecule has 0 N–H and O–H groups in total. The van der Waals surface area contributed by atoms with Gasteiger partial charge in [-0.3, -0.25) is 9.13 Å². The van der Waals surface area contributed by atoms with Crippen molar-refractivity contribution < 1.29 is 9.30 Å². The van der Waals surface area contributed by atoms with Crippen LogP contribution in [0, 0.1) is 6.33 Å². The number of rotatable bonds is 4. The third kappa shape index (κ3) is 3.15. The van der Waals surface area contributed by atoms with E-state index in [0.717, 1.165) is 33.9 Å². The van der Waals surface area contributed by atoms with E-state index >= 15 is 0 Å². The number of fused-ring (bicyclic) bond motifs is 2. The number of nitrogens with zero attached hydrogens (tertiary/aromatic N) is 2. The van der Waals surface area contributed by atoms with Gasteiger partial charge in [-0.1, -0.05) is 71.9 Å². The van der Waals surface area contributed by atoms with E-state index in [1.54, 1.807) is 0 Å². The molecular weight excluding hydrogens is 380 g/mol. The van der Waals surface area contributed by atoms with Gasteiger partial charge in [0.25, 0.3) is 6.33 Å². The second-order valence-electron chi connectivity index (χ2n) is 9.51. The maximum Gasteiger partial charge on any atom is 0.270 e. The normalized spacial score (nSPS) is 12.7. The van der Waals surface area contributed by atoms with Crippen LogP contribution in [0.2, 0.25) is 0 Å². The summed E-state index contributed by atoms with van der Waals surface area (Å²) in [4.78, 5) is 0. The van der Waals surface area contributed by atoms with Gasteiger partial charge in [-0.15, -0.1) is 0 Å². The first-order valence-corrected chi connectivity index (χ1v) is 11.3. The number of para-hydroxylation sites is 2. The van der Waals surface area contributed by atoms with Crippen LogP contribution >= 0.6 is 0 Å². The maximum absolute atomic E-state index is 6.46. The van der Waals surface area contributed by atoms with Gasteiger partial charge in [-0.05, 0) is 58.7 Å². The fourth-order valence-electron chi connectivity index (χ4n) is 4.42. The third-order valence-corrected chi connectivity index (χ3v) is 6.30. The molecule has 0 atom stereocenters. The maximum atomic E-state index is 6.46. The van der Waals surface area contributed by atoms with Gasteiger partial charge in [-0.2, -0.15) is 0 Å². The second-order valence-corrected chi connectivity index (χ2v) is 9.51. The first kappa shape index (κ1) is 19.9. The number of imidazole rings is 1. The molecule has 0 unspecified atom stereocenters. The molecule has 31 heavy (non-hydrogen) atoms. The highest BCUT2D eigenvalue weighted by Gasteiger charge is 2.26. The number of aromatic nitrogens is 2. The highest BCUT2D eigenvalue weighted by atomic mass is 16.5. The van der Waals surface area contributed by atoms with E-state index in [0.29, 0.717) is 17.8 Å². The van der Waals surface area contributed by atoms with Crippen LogP contribution in [0.15, 0.2) is 54.6 Å². The Morgan fingerprint density at radius 3 is 2.13 bits per heavy atom. The lowest BCUT2D eigenvalue weighted by Gasteiger charge is -2.23. The predicted octanol–water partition coefficient (Wildman–Crippen LogP) is 7.18. The Kier molecular flexibility index (Phi) is 4.65. The summed E-state index contributed by atoms with van der Waals surface area (Å²) in [6.07, 6.45) is 3.66. The van der Waals surface area contributed by atoms with E-state index in [1.807, 2.05) is 0 Å². The number of hydrogen-bond acceptors (Lipinski definition) is 1. The first-order valence-electron chi connectivity index (χ1n) is 11.3. The standard InChI is InChI=1S/C28H30N2O/c1-17(2)20-13-21(18(3)4)15-22(14-20)29-16-30-25-11-7-9-23(19(5)6)28(25)31-26-12-8-10-24(29)27(26)30/h7-15,17-19H,1-6H3. The van der Waals surface area contributed by atoms with Crippen LogP contribution in [-0.2, 0) is 0 Å². The minimum Gasteiger partial charge on any atom is -0.465 e. The molecule has 0 amide bonds. The van der Waals surface area contributed by atoms with Crippen molar-refractivity contribution in [3.8, 4) is 22.9 Å². The van der Waals surface area contributed by atoms with E-state index < -0.39 is 0 Å². The SMILES string of the molecule is CC(C)c1cc(C(C)C)cc(-n2[c-][n+]3c4c(cccc42)Oc2c(C(C)C)cccc2-3)c1. The van der Waals surface area contributed by atoms with Crippen LogP contribution in [0.4, 0.5) is 0 Å². The topological polar surface area (TPSA) is 18.0 Å². The van der Waals surface area contributed by atoms with Crippen LogP contribution in [0.1, 0.15) is 76.0 Å². The summed E-state index contributed by atoms with van der Waals surface area (Å²) in [6.45, 7) is 13.4. The molecule has 3 heteroatoms. The van der Waals surface area contributed by atoms with Gasteiger partial charge in [0.2, 0.25) is 0 Å². The fourth-order valence-corrected chi connectivity index (χ4v) is 4.42. The Morgan fingerprint density at radius 2 is 1.48 bits per heavy atom. The number of hydrogen-bond donors (Lipinski definition) is 0. The smallest absolute Gasteiger partial charge is 0.270 e. The van der Waals surface area contributed by atoms with Gasteiger partial charge in [0, 0.05) is 0 Å². The highest BCUT2D eigenvalue weighted by Crippen LogP contribution is 2.41. The number of benzene rings is 3. The van der Waals surface area contributed by atoms with Gasteiger partial charge in [0.1, 0.15) is 22.7 Å². The van der Waals surface area contributed by atoms with Crippen LogP contribution in [0.3, 0.4) is 0 Å². The molecule has 3 nitrogen and oxygen atoms in total. The third-order valence-electron chi connectivity index (χ3n) is 6.30. The molecule has 1 aromatic heterocycles. The van der Waals surface area contributed by atoms with Crippen LogP contribution in [-0.4, -0.2) is 4.57 Å². The lowest BCUT2D eigenvalue weighted by Crippen LogP contribution is -2.33. The molecule has 0 saturated heterocycles. The molecule has 0 fully saturated rings. The fraction of sp³-hybridized carbons (Fsp3) is 0.321. The minimum atomic E-state index is 0.384. The molecular formula is C28H30N2O. The summed E-state index contributed by atoms with van der Waals surface area (Å²) in [6, 6.07) is 19.6. The van der Waals surface area contributed by atoms with E-state index in [4.69, 9.17) is 4.74 Å². The average molecular weight is 411 g/mol. The summed E-state index contributed by atoms with van der Waals surface area (Å²) in [5, 5.41) is 0. The van der Waals surface area contributed by atoms with Crippen LogP contribution in [0.5, 0.6) is 11.5 Å². The van der Waals surface area contributed by atoms with Gasteiger partial charge >= 0.3 is 0 Å². The van der Waals surface area contributed by atoms with Gasteiger partial charge in [0.05, 0.1) is 11.2 Å². The molecule has 158 valence electrons. The Balaban J connectivity index is 1.80. The van der Waals surface area contributed by atoms with E-state index in [2.05, 4.69) is 112 Å². The van der Waals surface area contributed by atoms with Gasteiger partial charge in [0.15, 0.2) is 0 Å². The molecule has 2 heterocycles. The minimum absolute atomic E-state index is 0.384. The van der Waals surface area contributed by atoms with Gasteiger partial charge in [-0.25, -0.2) is 0 Å². The lowest BCUT2D eigenvalue weighted by molar-refractivity contribution is -0.575. The second kappa shape index (κ2) is 7.26. The van der Waals surface area contributed by atoms with Crippen molar-refractivity contribution in [2.75, 3.05) is 0 Å². The zero-order chi connectivity index (χ0) is 21.9. The highest BCUT2D eigenvalue weighted by molar-refractivity contribution is 5.82. The molecule has 0 radical (unpaired) electrons. The monoisotopic (exact) mass is 410 g/mol. The molecule has 0 bridgehead atoms. The molecule has 1 aliphatic rings. The Morgan fingerprint density at radius 1 is 0.806 bits per heavy atom. The van der Waals surface area contributed by atoms with Crippen molar-refractivity contribution in [3.05, 3.63) is 77.6 Å². The predicted molar refractivity (Wildman–Crippen MR) is 126 cm³/mol. The number of ether oxygens (including phenoxy) is 1. The van der Waals surface area contributed by atoms with Crippen molar-refractivity contribution >= 4 is 11.0 Å². The van der Waals surface area contributed by atoms with Crippen molar-refractivity contribution in [1.82, 2.24) is 4.57 Å². The molecule has 0 saturated carbocycles. The molecule has 1 aliphatic heterocycles. The molecule has 0 spiro atoms. The van der Waals surface area contributed by atoms with Crippen molar-refractivity contribution in [1.29, 1.82) is 0 Å². The lowest BCUT2D eigenvalue weighted by atomic mass is 9.95. The Labute approximate surface area is 184 Å². The van der Waals surface area contributed by atoms with Crippen LogP contribution < -0.4 is 9.30 Å². The van der Waals surface area contributed by atoms with Crippen molar-refractivity contribution in [2.24, 2.45) is 0 Å². The van der Waals surface area contributed by atoms with Gasteiger partial charge < -0.3 is 4.74 Å². The summed E-state index contributed by atoms with van der Waals surface area (Å²) < 4.78 is 10.8. The summed E-state index contributed by atoms with van der Waals surface area (Å²) >= 11 is 0. The van der Waals surface area contributed by atoms with Crippen LogP contribution in [0.25, 0.3) is 22.4 Å². The zero-order valence-electron chi connectivity index (χ0n) is 19.2. The molecule has 0 aliphatic carbocycles. The van der Waals surface area contributed by atoms with E-state index in [1.165, 1.54) is 16.7 Å². The molecule has 5 rings (SSSR count). The average Bonchev–Trinajstić information content (AvgIpc) is 3.14. The Bertz CT molecular complexity index is 1270. The largest absolute Gasteiger partial charge is 0.465 e. The van der Waals surface area contributed by atoms with Crippen molar-refractivity contribution in [3.63, 3.8) is 0 Å². The van der Waals surface area contributed by atoms with Crippen molar-refractivity contribution in [2.45, 2.75) is 59.3 Å². The summed E-state index contributed by atoms with van der Waals surface area (Å²) in [7, 11) is 0. The zero-order valence-corrected chi connectivity index (χ0v) is 19.2. The molecule has 4 aromatic rings. The summed E-state index contributed by atoms with van der Waals surface area (Å²) in [5.74, 6) is 3.15. The Hall–Kier alpha value is -3.07. The summed E-state index contributed by atoms with van der Waals surface area (Å²) in [5.41, 5.74) is 8.31. The quantitative estimate of drug-likeness (QED) is 0.227.